The lowest BCUT2D eigenvalue weighted by molar-refractivity contribution is -0.0613. The number of benzene rings is 1. The molecule has 0 aliphatic heterocycles. The van der Waals surface area contributed by atoms with Gasteiger partial charge in [0.15, 0.2) is 0 Å². The van der Waals surface area contributed by atoms with Gasteiger partial charge in [-0.1, -0.05) is 23.7 Å². The van der Waals surface area contributed by atoms with Gasteiger partial charge in [-0.25, -0.2) is 8.78 Å². The highest BCUT2D eigenvalue weighted by Gasteiger charge is 2.29. The number of halogens is 2. The van der Waals surface area contributed by atoms with Crippen molar-refractivity contribution in [2.24, 2.45) is 0 Å². The molecule has 2 rings (SSSR count). The second-order valence-electron chi connectivity index (χ2n) is 3.44. The Kier molecular flexibility index (Phi) is 2.77. The van der Waals surface area contributed by atoms with Gasteiger partial charge < -0.3 is 5.11 Å². The average molecular weight is 245 g/mol. The number of aromatic nitrogens is 1. The molecular formula is C10H9F2NO2S. The molecule has 3 nitrogen and oxygen atoms in total. The van der Waals surface area contributed by atoms with Gasteiger partial charge in [0.2, 0.25) is 0 Å². The van der Waals surface area contributed by atoms with E-state index in [0.29, 0.717) is 10.1 Å². The quantitative estimate of drug-likeness (QED) is 0.894. The normalized spacial score (nSPS) is 12.2. The molecule has 0 aliphatic carbocycles. The van der Waals surface area contributed by atoms with E-state index >= 15 is 0 Å². The van der Waals surface area contributed by atoms with E-state index in [0.717, 1.165) is 15.5 Å². The minimum atomic E-state index is -3.26. The molecule has 0 fully saturated rings. The summed E-state index contributed by atoms with van der Waals surface area (Å²) in [4.78, 5) is 11.7. The topological polar surface area (TPSA) is 42.2 Å². The van der Waals surface area contributed by atoms with Gasteiger partial charge in [0.25, 0.3) is 11.5 Å². The first-order valence-electron chi connectivity index (χ1n) is 4.61. The molecule has 0 radical (unpaired) electrons. The maximum atomic E-state index is 12.9. The molecule has 1 aromatic heterocycles. The molecule has 0 saturated heterocycles. The van der Waals surface area contributed by atoms with Crippen LogP contribution in [-0.2, 0) is 6.54 Å². The van der Waals surface area contributed by atoms with Crippen molar-refractivity contribution < 1.29 is 13.9 Å². The van der Waals surface area contributed by atoms with Gasteiger partial charge in [-0.3, -0.25) is 8.75 Å². The van der Waals surface area contributed by atoms with Gasteiger partial charge in [0, 0.05) is 0 Å². The van der Waals surface area contributed by atoms with E-state index in [1.54, 1.807) is 24.3 Å². The van der Waals surface area contributed by atoms with E-state index in [1.807, 2.05) is 0 Å². The number of hydrogen-bond acceptors (Lipinski definition) is 3. The van der Waals surface area contributed by atoms with Gasteiger partial charge in [-0.15, -0.1) is 0 Å². The Labute approximate surface area is 93.7 Å². The van der Waals surface area contributed by atoms with Crippen molar-refractivity contribution in [3.8, 4) is 0 Å². The molecule has 0 spiro atoms. The molecule has 2 aromatic rings. The standard InChI is InChI=1S/C10H9F2NO2S/c11-10(12,6-14)5-13-9(15)7-3-1-2-4-8(7)16-13/h1-4,14H,5-6H2. The van der Waals surface area contributed by atoms with Crippen LogP contribution < -0.4 is 5.56 Å². The second kappa shape index (κ2) is 3.95. The van der Waals surface area contributed by atoms with Gasteiger partial charge >= 0.3 is 0 Å². The molecule has 1 N–H and O–H groups in total. The molecule has 1 aromatic carbocycles. The zero-order valence-corrected chi connectivity index (χ0v) is 9.01. The predicted molar refractivity (Wildman–Crippen MR) is 58.1 cm³/mol. The minimum Gasteiger partial charge on any atom is -0.390 e. The highest BCUT2D eigenvalue weighted by Crippen LogP contribution is 2.20. The third-order valence-corrected chi connectivity index (χ3v) is 3.23. The number of hydrogen-bond donors (Lipinski definition) is 1. The van der Waals surface area contributed by atoms with E-state index in [-0.39, 0.29) is 0 Å². The van der Waals surface area contributed by atoms with Crippen LogP contribution in [-0.4, -0.2) is 21.6 Å². The summed E-state index contributed by atoms with van der Waals surface area (Å²) in [5.74, 6) is -3.26. The first-order chi connectivity index (χ1) is 7.53. The highest BCUT2D eigenvalue weighted by atomic mass is 32.1. The van der Waals surface area contributed by atoms with E-state index in [1.165, 1.54) is 0 Å². The maximum absolute atomic E-state index is 12.9. The van der Waals surface area contributed by atoms with Gasteiger partial charge in [0.05, 0.1) is 10.1 Å². The van der Waals surface area contributed by atoms with Crippen LogP contribution in [0, 0.1) is 0 Å². The van der Waals surface area contributed by atoms with Crippen molar-refractivity contribution in [3.05, 3.63) is 34.6 Å². The van der Waals surface area contributed by atoms with Gasteiger partial charge in [0.1, 0.15) is 13.2 Å². The average Bonchev–Trinajstić information content (AvgIpc) is 2.56. The molecule has 0 amide bonds. The SMILES string of the molecule is O=c1c2ccccc2sn1CC(F)(F)CO. The number of aliphatic hydroxyl groups is 1. The summed E-state index contributed by atoms with van der Waals surface area (Å²) in [5.41, 5.74) is -0.436. The van der Waals surface area contributed by atoms with Crippen LogP contribution in [0.3, 0.4) is 0 Å². The van der Waals surface area contributed by atoms with Crippen LogP contribution in [0.2, 0.25) is 0 Å². The Hall–Kier alpha value is -1.27. The van der Waals surface area contributed by atoms with Crippen molar-refractivity contribution in [1.29, 1.82) is 0 Å². The van der Waals surface area contributed by atoms with E-state index in [9.17, 15) is 13.6 Å². The zero-order valence-electron chi connectivity index (χ0n) is 8.19. The van der Waals surface area contributed by atoms with Crippen molar-refractivity contribution in [3.63, 3.8) is 0 Å². The first-order valence-corrected chi connectivity index (χ1v) is 5.38. The summed E-state index contributed by atoms with van der Waals surface area (Å²) in [6, 6.07) is 6.73. The van der Waals surface area contributed by atoms with Crippen molar-refractivity contribution in [1.82, 2.24) is 3.96 Å². The zero-order chi connectivity index (χ0) is 11.8. The molecular weight excluding hydrogens is 236 g/mol. The second-order valence-corrected chi connectivity index (χ2v) is 4.51. The number of rotatable bonds is 3. The minimum absolute atomic E-state index is 0.432. The number of alkyl halides is 2. The monoisotopic (exact) mass is 245 g/mol. The lowest BCUT2D eigenvalue weighted by Crippen LogP contribution is -2.31. The summed E-state index contributed by atoms with van der Waals surface area (Å²) >= 11 is 0.979. The summed E-state index contributed by atoms with van der Waals surface area (Å²) in [6.45, 7) is -2.03. The van der Waals surface area contributed by atoms with Crippen LogP contribution in [0.15, 0.2) is 29.1 Å². The summed E-state index contributed by atoms with van der Waals surface area (Å²) in [5, 5.41) is 8.89. The third-order valence-electron chi connectivity index (χ3n) is 2.16. The molecule has 0 aliphatic rings. The maximum Gasteiger partial charge on any atom is 0.289 e. The molecule has 16 heavy (non-hydrogen) atoms. The Morgan fingerprint density at radius 3 is 2.69 bits per heavy atom. The van der Waals surface area contributed by atoms with Crippen molar-refractivity contribution in [2.45, 2.75) is 12.5 Å². The van der Waals surface area contributed by atoms with E-state index < -0.39 is 24.6 Å². The van der Waals surface area contributed by atoms with E-state index in [2.05, 4.69) is 0 Å². The molecule has 0 unspecified atom stereocenters. The highest BCUT2D eigenvalue weighted by molar-refractivity contribution is 7.13. The predicted octanol–water partition coefficient (Wildman–Crippen LogP) is 1.69. The lowest BCUT2D eigenvalue weighted by Gasteiger charge is -2.11. The number of nitrogens with zero attached hydrogens (tertiary/aromatic N) is 1. The Balaban J connectivity index is 2.47. The smallest absolute Gasteiger partial charge is 0.289 e. The molecule has 86 valence electrons. The molecule has 6 heteroatoms. The molecule has 0 atom stereocenters. The molecule has 1 heterocycles. The summed E-state index contributed by atoms with van der Waals surface area (Å²) < 4.78 is 27.5. The Bertz CT molecular complexity index is 561. The lowest BCUT2D eigenvalue weighted by atomic mass is 10.3. The number of aliphatic hydroxyl groups excluding tert-OH is 1. The molecule has 0 bridgehead atoms. The van der Waals surface area contributed by atoms with Crippen molar-refractivity contribution in [2.75, 3.05) is 6.61 Å². The molecule has 0 saturated carbocycles. The van der Waals surface area contributed by atoms with Crippen molar-refractivity contribution >= 4 is 21.6 Å². The fourth-order valence-electron chi connectivity index (χ4n) is 1.38. The first kappa shape index (κ1) is 11.2. The van der Waals surface area contributed by atoms with E-state index in [4.69, 9.17) is 5.11 Å². The van der Waals surface area contributed by atoms with Crippen LogP contribution in [0.25, 0.3) is 10.1 Å². The summed E-state index contributed by atoms with van der Waals surface area (Å²) in [6.07, 6.45) is 0. The van der Waals surface area contributed by atoms with Gasteiger partial charge in [-0.2, -0.15) is 0 Å². The fraction of sp³-hybridized carbons (Fsp3) is 0.300. The Morgan fingerprint density at radius 1 is 1.38 bits per heavy atom. The third kappa shape index (κ3) is 1.98. The largest absolute Gasteiger partial charge is 0.390 e. The fourth-order valence-corrected chi connectivity index (χ4v) is 2.45. The van der Waals surface area contributed by atoms with Crippen LogP contribution in [0.5, 0.6) is 0 Å². The summed E-state index contributed by atoms with van der Waals surface area (Å²) in [7, 11) is 0. The van der Waals surface area contributed by atoms with Crippen LogP contribution in [0.4, 0.5) is 8.78 Å². The van der Waals surface area contributed by atoms with Crippen LogP contribution >= 0.6 is 11.5 Å². The number of fused-ring (bicyclic) bond motifs is 1. The Morgan fingerprint density at radius 2 is 2.06 bits per heavy atom. The van der Waals surface area contributed by atoms with Gasteiger partial charge in [-0.05, 0) is 12.1 Å². The van der Waals surface area contributed by atoms with Crippen LogP contribution in [0.1, 0.15) is 0 Å².